The maximum Gasteiger partial charge on any atom is 0.256 e. The van der Waals surface area contributed by atoms with Gasteiger partial charge in [0.05, 0.1) is 13.1 Å². The van der Waals surface area contributed by atoms with Crippen molar-refractivity contribution in [3.8, 4) is 0 Å². The second-order valence-corrected chi connectivity index (χ2v) is 13.8. The largest absolute Gasteiger partial charge is 0.256 e. The van der Waals surface area contributed by atoms with Crippen LogP contribution >= 0.6 is 0 Å². The summed E-state index contributed by atoms with van der Waals surface area (Å²) in [6.45, 7) is 9.39. The van der Waals surface area contributed by atoms with E-state index in [9.17, 15) is 0 Å². The van der Waals surface area contributed by atoms with Crippen LogP contribution in [0.2, 0.25) is 0 Å². The van der Waals surface area contributed by atoms with E-state index in [1.165, 1.54) is 219 Å². The highest BCUT2D eigenvalue weighted by atomic mass is 15.1. The van der Waals surface area contributed by atoms with Gasteiger partial charge in [0.25, 0.3) is 5.82 Å². The topological polar surface area (TPSA) is 8.81 Å². The fourth-order valence-electron chi connectivity index (χ4n) is 6.68. The number of hydrogen-bond acceptors (Lipinski definition) is 0. The zero-order valence-corrected chi connectivity index (χ0v) is 29.6. The van der Waals surface area contributed by atoms with Gasteiger partial charge in [0.2, 0.25) is 0 Å². The molecule has 0 aliphatic heterocycles. The smallest absolute Gasteiger partial charge is 0.234 e. The first kappa shape index (κ1) is 39.2. The van der Waals surface area contributed by atoms with Crippen LogP contribution in [-0.2, 0) is 19.5 Å². The Morgan fingerprint density at radius 3 is 1.14 bits per heavy atom. The van der Waals surface area contributed by atoms with Crippen LogP contribution in [0.4, 0.5) is 0 Å². The minimum absolute atomic E-state index is 1.22. The first-order chi connectivity index (χ1) is 20.8. The zero-order valence-electron chi connectivity index (χ0n) is 29.6. The van der Waals surface area contributed by atoms with Crippen molar-refractivity contribution in [1.82, 2.24) is 4.57 Å². The Morgan fingerprint density at radius 1 is 0.405 bits per heavy atom. The van der Waals surface area contributed by atoms with Gasteiger partial charge < -0.3 is 0 Å². The molecule has 0 amide bonds. The van der Waals surface area contributed by atoms with Crippen LogP contribution in [0, 0.1) is 0 Å². The van der Waals surface area contributed by atoms with Gasteiger partial charge in [-0.25, -0.2) is 9.13 Å². The molecule has 1 aromatic rings. The lowest BCUT2D eigenvalue weighted by Gasteiger charge is -2.07. The Bertz CT molecular complexity index is 648. The zero-order chi connectivity index (χ0) is 30.2. The number of aromatic nitrogens is 2. The van der Waals surface area contributed by atoms with E-state index in [0.717, 1.165) is 0 Å². The number of aryl methyl sites for hydroxylation is 2. The molecular formula is C40H79N2+. The van der Waals surface area contributed by atoms with Crippen molar-refractivity contribution in [3.05, 3.63) is 18.2 Å². The highest BCUT2D eigenvalue weighted by molar-refractivity contribution is 4.84. The first-order valence-corrected chi connectivity index (χ1v) is 19.9. The summed E-state index contributed by atoms with van der Waals surface area (Å²) in [5.41, 5.74) is 0. The maximum absolute atomic E-state index is 2.63. The first-order valence-electron chi connectivity index (χ1n) is 19.9. The molecule has 0 spiro atoms. The molecule has 2 nitrogen and oxygen atoms in total. The molecule has 0 aliphatic rings. The summed E-state index contributed by atoms with van der Waals surface area (Å²) in [5.74, 6) is 1.61. The Kier molecular flexibility index (Phi) is 29.5. The minimum atomic E-state index is 1.22. The van der Waals surface area contributed by atoms with Crippen LogP contribution in [0.5, 0.6) is 0 Å². The summed E-state index contributed by atoms with van der Waals surface area (Å²) in [6.07, 6.45) is 50.4. The Balaban J connectivity index is 2.17. The van der Waals surface area contributed by atoms with Crippen LogP contribution in [0.1, 0.15) is 226 Å². The fraction of sp³-hybridized carbons (Fsp3) is 0.925. The van der Waals surface area contributed by atoms with E-state index >= 15 is 0 Å². The number of hydrogen-bond donors (Lipinski definition) is 0. The number of unbranched alkanes of at least 4 members (excludes halogenated alkanes) is 28. The maximum atomic E-state index is 2.63. The summed E-state index contributed by atoms with van der Waals surface area (Å²) in [4.78, 5) is 0. The van der Waals surface area contributed by atoms with Crippen molar-refractivity contribution in [3.63, 3.8) is 0 Å². The SMILES string of the molecule is CCCCCCCCCCCCCCCCC[n+]1ccn(CCCCCC)c1CCCCCCCCCCCCCC. The molecule has 0 saturated heterocycles. The normalized spacial score (nSPS) is 11.6. The number of rotatable bonds is 34. The Labute approximate surface area is 266 Å². The molecule has 2 heteroatoms. The monoisotopic (exact) mass is 588 g/mol. The van der Waals surface area contributed by atoms with Gasteiger partial charge in [0, 0.05) is 6.42 Å². The van der Waals surface area contributed by atoms with Crippen LogP contribution in [0.15, 0.2) is 12.4 Å². The molecule has 0 saturated carbocycles. The molecule has 42 heavy (non-hydrogen) atoms. The summed E-state index contributed by atoms with van der Waals surface area (Å²) in [5, 5.41) is 0. The van der Waals surface area contributed by atoms with Crippen molar-refractivity contribution in [1.29, 1.82) is 0 Å². The minimum Gasteiger partial charge on any atom is -0.234 e. The van der Waals surface area contributed by atoms with Crippen LogP contribution < -0.4 is 4.57 Å². The quantitative estimate of drug-likeness (QED) is 0.0560. The van der Waals surface area contributed by atoms with Crippen molar-refractivity contribution in [2.45, 2.75) is 239 Å². The van der Waals surface area contributed by atoms with Gasteiger partial charge in [0.15, 0.2) is 0 Å². The van der Waals surface area contributed by atoms with Crippen molar-refractivity contribution < 1.29 is 4.57 Å². The lowest BCUT2D eigenvalue weighted by atomic mass is 10.0. The molecule has 0 radical (unpaired) electrons. The van der Waals surface area contributed by atoms with Crippen molar-refractivity contribution in [2.24, 2.45) is 0 Å². The van der Waals surface area contributed by atoms with E-state index in [1.54, 1.807) is 5.82 Å². The van der Waals surface area contributed by atoms with E-state index < -0.39 is 0 Å². The van der Waals surface area contributed by atoms with E-state index in [4.69, 9.17) is 0 Å². The van der Waals surface area contributed by atoms with Gasteiger partial charge in [-0.15, -0.1) is 0 Å². The summed E-state index contributed by atoms with van der Waals surface area (Å²) >= 11 is 0. The summed E-state index contributed by atoms with van der Waals surface area (Å²) < 4.78 is 5.24. The highest BCUT2D eigenvalue weighted by Crippen LogP contribution is 2.15. The molecule has 1 aromatic heterocycles. The molecule has 0 fully saturated rings. The molecule has 1 heterocycles. The second kappa shape index (κ2) is 31.6. The third-order valence-corrected chi connectivity index (χ3v) is 9.60. The highest BCUT2D eigenvalue weighted by Gasteiger charge is 2.16. The van der Waals surface area contributed by atoms with Crippen LogP contribution in [-0.4, -0.2) is 4.57 Å². The average molecular weight is 588 g/mol. The molecule has 0 bridgehead atoms. The third-order valence-electron chi connectivity index (χ3n) is 9.60. The molecular weight excluding hydrogens is 508 g/mol. The molecule has 0 unspecified atom stereocenters. The second-order valence-electron chi connectivity index (χ2n) is 13.8. The lowest BCUT2D eigenvalue weighted by molar-refractivity contribution is -0.704. The van der Waals surface area contributed by atoms with E-state index in [1.807, 2.05) is 0 Å². The van der Waals surface area contributed by atoms with Gasteiger partial charge in [0.1, 0.15) is 12.4 Å². The number of imidazole rings is 1. The average Bonchev–Trinajstić information content (AvgIpc) is 3.38. The summed E-state index contributed by atoms with van der Waals surface area (Å²) in [7, 11) is 0. The Hall–Kier alpha value is -0.790. The summed E-state index contributed by atoms with van der Waals surface area (Å²) in [6, 6.07) is 0. The van der Waals surface area contributed by atoms with Gasteiger partial charge in [-0.3, -0.25) is 0 Å². The third kappa shape index (κ3) is 23.6. The molecule has 0 aromatic carbocycles. The fourth-order valence-corrected chi connectivity index (χ4v) is 6.68. The standard InChI is InChI=1S/C40H79N2/c1-4-7-10-13-15-17-19-21-22-23-25-27-29-31-34-37-42-39-38-41(36-33-12-9-6-3)40(42)35-32-30-28-26-24-20-18-16-14-11-8-5-2/h38-39H,4-37H2,1-3H3/q+1. The van der Waals surface area contributed by atoms with Gasteiger partial charge in [-0.1, -0.05) is 188 Å². The van der Waals surface area contributed by atoms with Crippen molar-refractivity contribution in [2.75, 3.05) is 0 Å². The van der Waals surface area contributed by atoms with Gasteiger partial charge >= 0.3 is 0 Å². The van der Waals surface area contributed by atoms with E-state index in [0.29, 0.717) is 0 Å². The predicted molar refractivity (Wildman–Crippen MR) is 188 cm³/mol. The lowest BCUT2D eigenvalue weighted by Crippen LogP contribution is -2.37. The van der Waals surface area contributed by atoms with Crippen molar-refractivity contribution >= 4 is 0 Å². The molecule has 0 atom stereocenters. The Morgan fingerprint density at radius 2 is 0.738 bits per heavy atom. The van der Waals surface area contributed by atoms with Gasteiger partial charge in [-0.2, -0.15) is 0 Å². The molecule has 0 aliphatic carbocycles. The van der Waals surface area contributed by atoms with E-state index in [-0.39, 0.29) is 0 Å². The van der Waals surface area contributed by atoms with Gasteiger partial charge in [-0.05, 0) is 32.1 Å². The molecule has 248 valence electrons. The predicted octanol–water partition coefficient (Wildman–Crippen LogP) is 13.5. The van der Waals surface area contributed by atoms with Crippen LogP contribution in [0.3, 0.4) is 0 Å². The molecule has 1 rings (SSSR count). The van der Waals surface area contributed by atoms with E-state index in [2.05, 4.69) is 42.3 Å². The molecule has 0 N–H and O–H groups in total. The van der Waals surface area contributed by atoms with Crippen LogP contribution in [0.25, 0.3) is 0 Å². The number of nitrogens with zero attached hydrogens (tertiary/aromatic N) is 2.